The van der Waals surface area contributed by atoms with Crippen molar-refractivity contribution in [2.45, 2.75) is 65.7 Å². The Morgan fingerprint density at radius 1 is 1.18 bits per heavy atom. The van der Waals surface area contributed by atoms with Crippen LogP contribution in [0.3, 0.4) is 0 Å². The maximum absolute atomic E-state index is 3.76. The van der Waals surface area contributed by atoms with Crippen molar-refractivity contribution in [3.8, 4) is 0 Å². The van der Waals surface area contributed by atoms with Gasteiger partial charge in [0, 0.05) is 0 Å². The largest absolute Gasteiger partial charge is 0.103 e. The fourth-order valence-electron chi connectivity index (χ4n) is 1.80. The number of hydrogen-bond acceptors (Lipinski definition) is 0. The summed E-state index contributed by atoms with van der Waals surface area (Å²) in [7, 11) is 0. The molecule has 0 bridgehead atoms. The molecule has 0 saturated heterocycles. The van der Waals surface area contributed by atoms with Gasteiger partial charge in [-0.25, -0.2) is 0 Å². The van der Waals surface area contributed by atoms with E-state index in [9.17, 15) is 0 Å². The molecular formula is C17H30. The predicted molar refractivity (Wildman–Crippen MR) is 80.3 cm³/mol. The van der Waals surface area contributed by atoms with Gasteiger partial charge in [-0.05, 0) is 44.4 Å². The minimum atomic E-state index is 0.765. The van der Waals surface area contributed by atoms with Gasteiger partial charge in [-0.2, -0.15) is 0 Å². The van der Waals surface area contributed by atoms with Gasteiger partial charge in [0.05, 0.1) is 0 Å². The molecule has 0 aromatic carbocycles. The molecular weight excluding hydrogens is 204 g/mol. The van der Waals surface area contributed by atoms with Gasteiger partial charge < -0.3 is 0 Å². The molecule has 0 saturated carbocycles. The van der Waals surface area contributed by atoms with Crippen molar-refractivity contribution in [1.29, 1.82) is 0 Å². The summed E-state index contributed by atoms with van der Waals surface area (Å²) in [6.45, 7) is 10.5. The van der Waals surface area contributed by atoms with Crippen molar-refractivity contribution in [2.24, 2.45) is 5.92 Å². The van der Waals surface area contributed by atoms with Gasteiger partial charge in [-0.15, -0.1) is 6.58 Å². The van der Waals surface area contributed by atoms with Crippen LogP contribution in [0, 0.1) is 5.92 Å². The molecule has 0 aliphatic carbocycles. The number of hydrogen-bond donors (Lipinski definition) is 0. The molecule has 0 N–H and O–H groups in total. The molecule has 98 valence electrons. The molecule has 0 aromatic rings. The smallest absolute Gasteiger partial charge is 0.0282 e. The first-order valence-corrected chi connectivity index (χ1v) is 7.17. The van der Waals surface area contributed by atoms with E-state index in [0.29, 0.717) is 0 Å². The fraction of sp³-hybridized carbons (Fsp3) is 0.647. The average Bonchev–Trinajstić information content (AvgIpc) is 2.28. The molecule has 0 unspecified atom stereocenters. The monoisotopic (exact) mass is 234 g/mol. The topological polar surface area (TPSA) is 0 Å². The van der Waals surface area contributed by atoms with Crippen LogP contribution in [0.4, 0.5) is 0 Å². The summed E-state index contributed by atoms with van der Waals surface area (Å²) in [5.41, 5.74) is 1.52. The number of allylic oxidation sites excluding steroid dienone is 5. The third-order valence-corrected chi connectivity index (χ3v) is 2.78. The summed E-state index contributed by atoms with van der Waals surface area (Å²) in [5, 5.41) is 0. The Morgan fingerprint density at radius 2 is 1.94 bits per heavy atom. The molecule has 0 spiro atoms. The van der Waals surface area contributed by atoms with Gasteiger partial charge in [0.25, 0.3) is 0 Å². The van der Waals surface area contributed by atoms with Crippen molar-refractivity contribution in [3.05, 3.63) is 36.5 Å². The first kappa shape index (κ1) is 16.2. The van der Waals surface area contributed by atoms with E-state index in [1.54, 1.807) is 0 Å². The summed E-state index contributed by atoms with van der Waals surface area (Å²) in [5.74, 6) is 0.765. The van der Waals surface area contributed by atoms with Crippen molar-refractivity contribution in [3.63, 3.8) is 0 Å². The van der Waals surface area contributed by atoms with E-state index >= 15 is 0 Å². The molecule has 0 radical (unpaired) electrons. The molecule has 0 atom stereocenters. The van der Waals surface area contributed by atoms with E-state index in [0.717, 1.165) is 18.8 Å². The van der Waals surface area contributed by atoms with Crippen LogP contribution >= 0.6 is 0 Å². The highest BCUT2D eigenvalue weighted by Gasteiger charge is 1.94. The second kappa shape index (κ2) is 11.7. The highest BCUT2D eigenvalue weighted by atomic mass is 14.0. The third-order valence-electron chi connectivity index (χ3n) is 2.78. The van der Waals surface area contributed by atoms with Gasteiger partial charge in [-0.1, -0.05) is 57.1 Å². The Balaban J connectivity index is 3.87. The zero-order valence-electron chi connectivity index (χ0n) is 12.0. The lowest BCUT2D eigenvalue weighted by Crippen LogP contribution is -1.85. The van der Waals surface area contributed by atoms with Gasteiger partial charge in [0.2, 0.25) is 0 Å². The normalized spacial score (nSPS) is 12.6. The van der Waals surface area contributed by atoms with Crippen LogP contribution in [0.25, 0.3) is 0 Å². The minimum Gasteiger partial charge on any atom is -0.103 e. The van der Waals surface area contributed by atoms with Crippen LogP contribution in [-0.4, -0.2) is 0 Å². The molecule has 0 aromatic heterocycles. The van der Waals surface area contributed by atoms with Gasteiger partial charge in [0.15, 0.2) is 0 Å². The molecule has 0 aliphatic heterocycles. The summed E-state index contributed by atoms with van der Waals surface area (Å²) in [6, 6.07) is 0. The summed E-state index contributed by atoms with van der Waals surface area (Å²) >= 11 is 0. The van der Waals surface area contributed by atoms with E-state index < -0.39 is 0 Å². The Hall–Kier alpha value is -0.780. The number of unbranched alkanes of at least 4 members (excludes halogenated alkanes) is 3. The first-order chi connectivity index (χ1) is 8.20. The van der Waals surface area contributed by atoms with E-state index in [-0.39, 0.29) is 0 Å². The molecule has 0 heteroatoms. The predicted octanol–water partition coefficient (Wildman–Crippen LogP) is 6.06. The fourth-order valence-corrected chi connectivity index (χ4v) is 1.80. The molecule has 0 nitrogen and oxygen atoms in total. The minimum absolute atomic E-state index is 0.765. The van der Waals surface area contributed by atoms with Crippen molar-refractivity contribution < 1.29 is 0 Å². The highest BCUT2D eigenvalue weighted by Crippen LogP contribution is 2.13. The molecule has 0 aliphatic rings. The van der Waals surface area contributed by atoms with Gasteiger partial charge >= 0.3 is 0 Å². The van der Waals surface area contributed by atoms with Crippen molar-refractivity contribution >= 4 is 0 Å². The zero-order valence-corrected chi connectivity index (χ0v) is 12.0. The Bertz CT molecular complexity index is 230. The lowest BCUT2D eigenvalue weighted by Gasteiger charge is -2.03. The molecule has 0 fully saturated rings. The first-order valence-electron chi connectivity index (χ1n) is 7.17. The van der Waals surface area contributed by atoms with Crippen LogP contribution in [-0.2, 0) is 0 Å². The van der Waals surface area contributed by atoms with Crippen LogP contribution in [0.15, 0.2) is 36.5 Å². The Morgan fingerprint density at radius 3 is 2.53 bits per heavy atom. The summed E-state index contributed by atoms with van der Waals surface area (Å²) in [6.07, 6.45) is 17.7. The maximum Gasteiger partial charge on any atom is -0.0282 e. The standard InChI is InChI=1S/C17H30/c1-5-7-8-9-10-14-17(12-6-2)15-11-13-16(3)4/h5,11-12,15-16H,1,6-10,13-14H2,2-4H3. The molecule has 17 heavy (non-hydrogen) atoms. The lowest BCUT2D eigenvalue weighted by atomic mass is 10.0. The Labute approximate surface area is 109 Å². The molecule has 0 rings (SSSR count). The average molecular weight is 234 g/mol. The van der Waals surface area contributed by atoms with Gasteiger partial charge in [0.1, 0.15) is 0 Å². The SMILES string of the molecule is C=CCCCCCC(C=CCC(C)C)=CCC. The van der Waals surface area contributed by atoms with Crippen LogP contribution in [0.2, 0.25) is 0 Å². The maximum atomic E-state index is 3.76. The van der Waals surface area contributed by atoms with Crippen LogP contribution in [0.5, 0.6) is 0 Å². The highest BCUT2D eigenvalue weighted by molar-refractivity contribution is 5.18. The second-order valence-electron chi connectivity index (χ2n) is 5.11. The quantitative estimate of drug-likeness (QED) is 0.245. The van der Waals surface area contributed by atoms with Crippen LogP contribution in [0.1, 0.15) is 65.7 Å². The third kappa shape index (κ3) is 11.5. The van der Waals surface area contributed by atoms with Crippen LogP contribution < -0.4 is 0 Å². The van der Waals surface area contributed by atoms with E-state index in [4.69, 9.17) is 0 Å². The molecule has 0 heterocycles. The molecule has 0 amide bonds. The van der Waals surface area contributed by atoms with E-state index in [1.807, 2.05) is 6.08 Å². The number of rotatable bonds is 10. The second-order valence-corrected chi connectivity index (χ2v) is 5.11. The Kier molecular flexibility index (Phi) is 11.2. The van der Waals surface area contributed by atoms with Gasteiger partial charge in [-0.3, -0.25) is 0 Å². The van der Waals surface area contributed by atoms with Crippen molar-refractivity contribution in [2.75, 3.05) is 0 Å². The summed E-state index contributed by atoms with van der Waals surface area (Å²) < 4.78 is 0. The van der Waals surface area contributed by atoms with E-state index in [2.05, 4.69) is 45.6 Å². The zero-order chi connectivity index (χ0) is 12.9. The van der Waals surface area contributed by atoms with Crippen molar-refractivity contribution in [1.82, 2.24) is 0 Å². The van der Waals surface area contributed by atoms with E-state index in [1.165, 1.54) is 37.7 Å². The summed E-state index contributed by atoms with van der Waals surface area (Å²) in [4.78, 5) is 0. The lowest BCUT2D eigenvalue weighted by molar-refractivity contribution is 0.662.